The lowest BCUT2D eigenvalue weighted by Gasteiger charge is -2.21. The minimum absolute atomic E-state index is 0.0299. The van der Waals surface area contributed by atoms with Crippen molar-refractivity contribution >= 4 is 11.8 Å². The first-order chi connectivity index (χ1) is 12.3. The van der Waals surface area contributed by atoms with Crippen molar-refractivity contribution in [3.05, 3.63) is 17.5 Å². The summed E-state index contributed by atoms with van der Waals surface area (Å²) in [7, 11) is 2.03. The lowest BCUT2D eigenvalue weighted by Crippen LogP contribution is -2.29. The fourth-order valence-corrected chi connectivity index (χ4v) is 4.12. The molecule has 25 heavy (non-hydrogen) atoms. The molecule has 0 amide bonds. The van der Waals surface area contributed by atoms with Crippen molar-refractivity contribution in [2.45, 2.75) is 49.1 Å². The number of aromatic nitrogens is 5. The van der Waals surface area contributed by atoms with Crippen LogP contribution in [0.5, 0.6) is 0 Å². The van der Waals surface area contributed by atoms with Crippen molar-refractivity contribution in [1.82, 2.24) is 30.2 Å². The monoisotopic (exact) mass is 364 g/mol. The van der Waals surface area contributed by atoms with Gasteiger partial charge in [-0.15, -0.1) is 10.2 Å². The molecule has 136 valence electrons. The van der Waals surface area contributed by atoms with E-state index >= 15 is 0 Å². The predicted molar refractivity (Wildman–Crippen MR) is 92.1 cm³/mol. The van der Waals surface area contributed by atoms with Gasteiger partial charge in [-0.2, -0.15) is 4.98 Å². The van der Waals surface area contributed by atoms with Gasteiger partial charge in [-0.05, 0) is 44.7 Å². The standard InChI is InChI=1S/C16H24N6O2S/c1-22-14(9-11-4-6-17-7-5-11)19-20-16(22)25-10-13-18-15(24-21-13)12-3-2-8-23-12/h11-12,17H,2-10H2,1H3/t12-/m0/s1. The Balaban J connectivity index is 1.33. The number of hydrogen-bond acceptors (Lipinski definition) is 8. The summed E-state index contributed by atoms with van der Waals surface area (Å²) in [6, 6.07) is 0. The summed E-state index contributed by atoms with van der Waals surface area (Å²) in [5.74, 6) is 3.65. The Labute approximate surface area is 151 Å². The van der Waals surface area contributed by atoms with Crippen LogP contribution in [-0.4, -0.2) is 44.6 Å². The molecule has 0 aromatic carbocycles. The first-order valence-corrected chi connectivity index (χ1v) is 9.94. The average molecular weight is 364 g/mol. The van der Waals surface area contributed by atoms with Crippen molar-refractivity contribution in [3.8, 4) is 0 Å². The first-order valence-electron chi connectivity index (χ1n) is 8.95. The molecule has 1 atom stereocenters. The van der Waals surface area contributed by atoms with Crippen LogP contribution >= 0.6 is 11.8 Å². The Kier molecular flexibility index (Phi) is 5.33. The molecule has 2 saturated heterocycles. The number of nitrogens with zero attached hydrogens (tertiary/aromatic N) is 5. The third-order valence-corrected chi connectivity index (χ3v) is 5.89. The van der Waals surface area contributed by atoms with Crippen LogP contribution in [0.1, 0.15) is 49.3 Å². The molecule has 4 rings (SSSR count). The zero-order chi connectivity index (χ0) is 17.1. The van der Waals surface area contributed by atoms with Gasteiger partial charge in [0.05, 0.1) is 5.75 Å². The second-order valence-corrected chi connectivity index (χ2v) is 7.64. The number of hydrogen-bond donors (Lipinski definition) is 1. The topological polar surface area (TPSA) is 90.9 Å². The van der Waals surface area contributed by atoms with Crippen molar-refractivity contribution in [3.63, 3.8) is 0 Å². The van der Waals surface area contributed by atoms with Crippen LogP contribution in [0.25, 0.3) is 0 Å². The number of ether oxygens (including phenoxy) is 1. The Morgan fingerprint density at radius 1 is 1.24 bits per heavy atom. The Bertz CT molecular complexity index is 691. The van der Waals surface area contributed by atoms with E-state index < -0.39 is 0 Å². The Morgan fingerprint density at radius 3 is 2.92 bits per heavy atom. The van der Waals surface area contributed by atoms with Crippen LogP contribution in [0.2, 0.25) is 0 Å². The quantitative estimate of drug-likeness (QED) is 0.777. The third kappa shape index (κ3) is 4.04. The van der Waals surface area contributed by atoms with E-state index in [1.807, 2.05) is 7.05 Å². The molecule has 0 aliphatic carbocycles. The Hall–Kier alpha value is -1.45. The fraction of sp³-hybridized carbons (Fsp3) is 0.750. The van der Waals surface area contributed by atoms with Gasteiger partial charge in [0, 0.05) is 20.1 Å². The number of thioether (sulfide) groups is 1. The lowest BCUT2D eigenvalue weighted by molar-refractivity contribution is 0.0835. The van der Waals surface area contributed by atoms with Gasteiger partial charge in [-0.1, -0.05) is 16.9 Å². The zero-order valence-electron chi connectivity index (χ0n) is 14.5. The van der Waals surface area contributed by atoms with Crippen molar-refractivity contribution in [1.29, 1.82) is 0 Å². The maximum Gasteiger partial charge on any atom is 0.255 e. The summed E-state index contributed by atoms with van der Waals surface area (Å²) in [4.78, 5) is 4.45. The zero-order valence-corrected chi connectivity index (χ0v) is 15.3. The molecule has 9 heteroatoms. The fourth-order valence-electron chi connectivity index (χ4n) is 3.35. The minimum Gasteiger partial charge on any atom is -0.368 e. The van der Waals surface area contributed by atoms with Gasteiger partial charge in [0.25, 0.3) is 5.89 Å². The van der Waals surface area contributed by atoms with Crippen LogP contribution in [-0.2, 0) is 24.0 Å². The van der Waals surface area contributed by atoms with Crippen LogP contribution in [0.15, 0.2) is 9.68 Å². The SMILES string of the molecule is Cn1c(CC2CCNCC2)nnc1SCc1noc([C@@H]2CCCO2)n1. The second-order valence-electron chi connectivity index (χ2n) is 6.69. The maximum atomic E-state index is 5.58. The first kappa shape index (κ1) is 17.0. The van der Waals surface area contributed by atoms with Crippen LogP contribution in [0.4, 0.5) is 0 Å². The molecular weight excluding hydrogens is 340 g/mol. The van der Waals surface area contributed by atoms with Crippen LogP contribution < -0.4 is 5.32 Å². The molecule has 0 spiro atoms. The number of nitrogens with one attached hydrogen (secondary N) is 1. The molecule has 2 fully saturated rings. The summed E-state index contributed by atoms with van der Waals surface area (Å²) in [6.45, 7) is 2.99. The van der Waals surface area contributed by atoms with Crippen molar-refractivity contribution in [2.75, 3.05) is 19.7 Å². The molecule has 0 bridgehead atoms. The van der Waals surface area contributed by atoms with Crippen LogP contribution in [0, 0.1) is 5.92 Å². The van der Waals surface area contributed by atoms with E-state index in [1.54, 1.807) is 11.8 Å². The second kappa shape index (κ2) is 7.84. The molecule has 2 aromatic heterocycles. The molecule has 1 N–H and O–H groups in total. The van der Waals surface area contributed by atoms with Gasteiger partial charge >= 0.3 is 0 Å². The summed E-state index contributed by atoms with van der Waals surface area (Å²) in [5, 5.41) is 17.1. The minimum atomic E-state index is -0.0299. The molecule has 0 unspecified atom stereocenters. The number of rotatable bonds is 6. The molecule has 2 aliphatic rings. The van der Waals surface area contributed by atoms with Gasteiger partial charge in [-0.25, -0.2) is 0 Å². The highest BCUT2D eigenvalue weighted by atomic mass is 32.2. The van der Waals surface area contributed by atoms with Gasteiger partial charge in [0.15, 0.2) is 11.0 Å². The third-order valence-electron chi connectivity index (χ3n) is 4.87. The van der Waals surface area contributed by atoms with Gasteiger partial charge in [0.2, 0.25) is 0 Å². The average Bonchev–Trinajstić information content (AvgIpc) is 3.37. The van der Waals surface area contributed by atoms with E-state index in [0.717, 1.165) is 49.9 Å². The molecule has 0 saturated carbocycles. The van der Waals surface area contributed by atoms with E-state index in [9.17, 15) is 0 Å². The summed E-state index contributed by atoms with van der Waals surface area (Å²) in [6.07, 6.45) is 5.40. The van der Waals surface area contributed by atoms with E-state index in [0.29, 0.717) is 23.4 Å². The van der Waals surface area contributed by atoms with Gasteiger partial charge in [0.1, 0.15) is 11.9 Å². The molecule has 2 aromatic rings. The normalized spacial score (nSPS) is 21.9. The highest BCUT2D eigenvalue weighted by Crippen LogP contribution is 2.28. The lowest BCUT2D eigenvalue weighted by atomic mass is 9.94. The largest absolute Gasteiger partial charge is 0.368 e. The highest BCUT2D eigenvalue weighted by Gasteiger charge is 2.24. The van der Waals surface area contributed by atoms with Crippen molar-refractivity contribution in [2.24, 2.45) is 13.0 Å². The predicted octanol–water partition coefficient (Wildman–Crippen LogP) is 1.88. The molecule has 0 radical (unpaired) electrons. The molecule has 4 heterocycles. The van der Waals surface area contributed by atoms with E-state index in [1.165, 1.54) is 12.8 Å². The van der Waals surface area contributed by atoms with E-state index in [-0.39, 0.29) is 6.10 Å². The Morgan fingerprint density at radius 2 is 2.12 bits per heavy atom. The summed E-state index contributed by atoms with van der Waals surface area (Å²) < 4.78 is 13.0. The maximum absolute atomic E-state index is 5.58. The van der Waals surface area contributed by atoms with Gasteiger partial charge < -0.3 is 19.1 Å². The van der Waals surface area contributed by atoms with Gasteiger partial charge in [-0.3, -0.25) is 0 Å². The highest BCUT2D eigenvalue weighted by molar-refractivity contribution is 7.98. The molecule has 2 aliphatic heterocycles. The molecule has 8 nitrogen and oxygen atoms in total. The number of piperidine rings is 1. The smallest absolute Gasteiger partial charge is 0.255 e. The summed E-state index contributed by atoms with van der Waals surface area (Å²) >= 11 is 1.59. The van der Waals surface area contributed by atoms with Crippen molar-refractivity contribution < 1.29 is 9.26 Å². The van der Waals surface area contributed by atoms with Crippen LogP contribution in [0.3, 0.4) is 0 Å². The molecular formula is C16H24N6O2S. The van der Waals surface area contributed by atoms with E-state index in [4.69, 9.17) is 9.26 Å². The summed E-state index contributed by atoms with van der Waals surface area (Å²) in [5.41, 5.74) is 0. The van der Waals surface area contributed by atoms with E-state index in [2.05, 4.69) is 30.2 Å².